The first kappa shape index (κ1) is 15.1. The minimum atomic E-state index is -0.963. The molecule has 0 aromatic heterocycles. The van der Waals surface area contributed by atoms with E-state index in [1.807, 2.05) is 6.07 Å². The Morgan fingerprint density at radius 1 is 0.909 bits per heavy atom. The molecular weight excluding hydrogens is 278 g/mol. The molecule has 1 aromatic rings. The van der Waals surface area contributed by atoms with E-state index in [-0.39, 0.29) is 17.5 Å². The second-order valence-corrected chi connectivity index (χ2v) is 6.59. The van der Waals surface area contributed by atoms with Crippen molar-refractivity contribution in [1.82, 2.24) is 5.32 Å². The van der Waals surface area contributed by atoms with Gasteiger partial charge in [0, 0.05) is 11.6 Å². The van der Waals surface area contributed by atoms with Crippen molar-refractivity contribution in [3.8, 4) is 0 Å². The highest BCUT2D eigenvalue weighted by atomic mass is 16.4. The highest BCUT2D eigenvalue weighted by Gasteiger charge is 2.23. The first-order valence-electron chi connectivity index (χ1n) is 8.32. The van der Waals surface area contributed by atoms with Crippen molar-refractivity contribution in [2.45, 2.75) is 63.3 Å². The standard InChI is InChI=1S/C18H23NO3/c20-17(19-16-7-4-8-16)14-9-13(10-15(11-14)18(21)22)12-5-2-1-3-6-12/h9-12,16H,1-8H2,(H,19,20)(H,21,22). The fourth-order valence-corrected chi connectivity index (χ4v) is 3.40. The summed E-state index contributed by atoms with van der Waals surface area (Å²) in [6, 6.07) is 5.41. The number of rotatable bonds is 4. The van der Waals surface area contributed by atoms with Crippen molar-refractivity contribution >= 4 is 11.9 Å². The van der Waals surface area contributed by atoms with Crippen LogP contribution in [0.4, 0.5) is 0 Å². The van der Waals surface area contributed by atoms with Gasteiger partial charge in [-0.2, -0.15) is 0 Å². The number of amides is 1. The van der Waals surface area contributed by atoms with Gasteiger partial charge < -0.3 is 10.4 Å². The monoisotopic (exact) mass is 301 g/mol. The lowest BCUT2D eigenvalue weighted by Gasteiger charge is -2.27. The Balaban J connectivity index is 1.85. The van der Waals surface area contributed by atoms with Gasteiger partial charge in [-0.15, -0.1) is 0 Å². The molecule has 0 radical (unpaired) electrons. The number of carboxylic acids is 1. The van der Waals surface area contributed by atoms with E-state index in [0.717, 1.165) is 37.7 Å². The Morgan fingerprint density at radius 3 is 2.18 bits per heavy atom. The van der Waals surface area contributed by atoms with Gasteiger partial charge in [0.2, 0.25) is 0 Å². The van der Waals surface area contributed by atoms with Gasteiger partial charge in [-0.1, -0.05) is 19.3 Å². The normalized spacial score (nSPS) is 19.5. The molecule has 4 heteroatoms. The number of aromatic carboxylic acids is 1. The number of carbonyl (C=O) groups is 2. The van der Waals surface area contributed by atoms with Crippen molar-refractivity contribution in [2.75, 3.05) is 0 Å². The van der Waals surface area contributed by atoms with Gasteiger partial charge in [0.05, 0.1) is 5.56 Å². The summed E-state index contributed by atoms with van der Waals surface area (Å²) >= 11 is 0. The van der Waals surface area contributed by atoms with E-state index in [0.29, 0.717) is 11.5 Å². The molecule has 2 fully saturated rings. The van der Waals surface area contributed by atoms with Crippen LogP contribution in [0.1, 0.15) is 83.6 Å². The van der Waals surface area contributed by atoms with Crippen LogP contribution in [0.15, 0.2) is 18.2 Å². The molecule has 1 aromatic carbocycles. The van der Waals surface area contributed by atoms with E-state index in [9.17, 15) is 14.7 Å². The minimum absolute atomic E-state index is 0.134. The second kappa shape index (κ2) is 6.51. The average Bonchev–Trinajstić information content (AvgIpc) is 2.51. The van der Waals surface area contributed by atoms with Crippen molar-refractivity contribution in [3.63, 3.8) is 0 Å². The lowest BCUT2D eigenvalue weighted by atomic mass is 9.83. The molecule has 0 unspecified atom stereocenters. The summed E-state index contributed by atoms with van der Waals surface area (Å²) in [5.74, 6) is -0.705. The molecule has 3 rings (SSSR count). The number of carboxylic acid groups (broad SMARTS) is 1. The van der Waals surface area contributed by atoms with Crippen LogP contribution in [-0.2, 0) is 0 Å². The zero-order chi connectivity index (χ0) is 15.5. The quantitative estimate of drug-likeness (QED) is 0.890. The second-order valence-electron chi connectivity index (χ2n) is 6.59. The van der Waals surface area contributed by atoms with E-state index < -0.39 is 5.97 Å². The maximum absolute atomic E-state index is 12.4. The van der Waals surface area contributed by atoms with Crippen LogP contribution in [0.25, 0.3) is 0 Å². The maximum atomic E-state index is 12.4. The Labute approximate surface area is 130 Å². The van der Waals surface area contributed by atoms with E-state index in [4.69, 9.17) is 0 Å². The van der Waals surface area contributed by atoms with E-state index in [1.54, 1.807) is 6.07 Å². The third-order valence-corrected chi connectivity index (χ3v) is 4.98. The van der Waals surface area contributed by atoms with Crippen LogP contribution in [0.5, 0.6) is 0 Å². The van der Waals surface area contributed by atoms with Gasteiger partial charge in [-0.25, -0.2) is 4.79 Å². The molecule has 22 heavy (non-hydrogen) atoms. The smallest absolute Gasteiger partial charge is 0.335 e. The summed E-state index contributed by atoms with van der Waals surface area (Å²) in [6.45, 7) is 0. The number of benzene rings is 1. The minimum Gasteiger partial charge on any atom is -0.478 e. The fourth-order valence-electron chi connectivity index (χ4n) is 3.40. The zero-order valence-corrected chi connectivity index (χ0v) is 12.8. The number of carbonyl (C=O) groups excluding carboxylic acids is 1. The molecule has 0 atom stereocenters. The van der Waals surface area contributed by atoms with Crippen LogP contribution in [-0.4, -0.2) is 23.0 Å². The molecule has 0 heterocycles. The molecule has 1 amide bonds. The summed E-state index contributed by atoms with van der Waals surface area (Å²) in [5, 5.41) is 12.3. The molecule has 0 bridgehead atoms. The van der Waals surface area contributed by atoms with Crippen LogP contribution < -0.4 is 5.32 Å². The lowest BCUT2D eigenvalue weighted by molar-refractivity contribution is 0.0696. The molecular formula is C18H23NO3. The molecule has 0 aliphatic heterocycles. The van der Waals surface area contributed by atoms with Crippen LogP contribution in [0, 0.1) is 0 Å². The van der Waals surface area contributed by atoms with Gasteiger partial charge in [0.25, 0.3) is 5.91 Å². The summed E-state index contributed by atoms with van der Waals surface area (Å²) in [6.07, 6.45) is 9.02. The summed E-state index contributed by atoms with van der Waals surface area (Å²) in [4.78, 5) is 23.7. The summed E-state index contributed by atoms with van der Waals surface area (Å²) in [7, 11) is 0. The highest BCUT2D eigenvalue weighted by molar-refractivity contribution is 5.98. The van der Waals surface area contributed by atoms with E-state index in [1.165, 1.54) is 25.3 Å². The number of hydrogen-bond donors (Lipinski definition) is 2. The third kappa shape index (κ3) is 3.32. The topological polar surface area (TPSA) is 66.4 Å². The zero-order valence-electron chi connectivity index (χ0n) is 12.8. The highest BCUT2D eigenvalue weighted by Crippen LogP contribution is 2.33. The van der Waals surface area contributed by atoms with Crippen molar-refractivity contribution in [3.05, 3.63) is 34.9 Å². The van der Waals surface area contributed by atoms with E-state index in [2.05, 4.69) is 5.32 Å². The number of nitrogens with one attached hydrogen (secondary N) is 1. The molecule has 0 spiro atoms. The largest absolute Gasteiger partial charge is 0.478 e. The van der Waals surface area contributed by atoms with Gasteiger partial charge >= 0.3 is 5.97 Å². The molecule has 2 aliphatic carbocycles. The van der Waals surface area contributed by atoms with Crippen molar-refractivity contribution in [2.24, 2.45) is 0 Å². The van der Waals surface area contributed by atoms with Gasteiger partial charge in [-0.3, -0.25) is 4.79 Å². The molecule has 2 N–H and O–H groups in total. The van der Waals surface area contributed by atoms with Gasteiger partial charge in [-0.05, 0) is 61.8 Å². The maximum Gasteiger partial charge on any atom is 0.335 e. The summed E-state index contributed by atoms with van der Waals surface area (Å²) < 4.78 is 0. The molecule has 2 saturated carbocycles. The molecule has 2 aliphatic rings. The average molecular weight is 301 g/mol. The molecule has 4 nitrogen and oxygen atoms in total. The summed E-state index contributed by atoms with van der Waals surface area (Å²) in [5.41, 5.74) is 1.73. The van der Waals surface area contributed by atoms with Crippen LogP contribution in [0.3, 0.4) is 0 Å². The third-order valence-electron chi connectivity index (χ3n) is 4.98. The molecule has 0 saturated heterocycles. The van der Waals surface area contributed by atoms with Gasteiger partial charge in [0.1, 0.15) is 0 Å². The van der Waals surface area contributed by atoms with Crippen molar-refractivity contribution < 1.29 is 14.7 Å². The lowest BCUT2D eigenvalue weighted by Crippen LogP contribution is -2.39. The van der Waals surface area contributed by atoms with Crippen LogP contribution in [0.2, 0.25) is 0 Å². The Kier molecular flexibility index (Phi) is 4.46. The predicted molar refractivity (Wildman–Crippen MR) is 84.3 cm³/mol. The Hall–Kier alpha value is -1.84. The Morgan fingerprint density at radius 2 is 1.59 bits per heavy atom. The van der Waals surface area contributed by atoms with Gasteiger partial charge in [0.15, 0.2) is 0 Å². The SMILES string of the molecule is O=C(O)c1cc(C(=O)NC2CCC2)cc(C2CCCCC2)c1. The number of hydrogen-bond acceptors (Lipinski definition) is 2. The van der Waals surface area contributed by atoms with Crippen LogP contribution >= 0.6 is 0 Å². The van der Waals surface area contributed by atoms with Crippen molar-refractivity contribution in [1.29, 1.82) is 0 Å². The first-order valence-corrected chi connectivity index (χ1v) is 8.32. The fraction of sp³-hybridized carbons (Fsp3) is 0.556. The molecule has 118 valence electrons. The first-order chi connectivity index (χ1) is 10.6. The van der Waals surface area contributed by atoms with E-state index >= 15 is 0 Å². The Bertz CT molecular complexity index is 572. The predicted octanol–water partition coefficient (Wildman–Crippen LogP) is 3.71.